The Hall–Kier alpha value is -3.19. The Labute approximate surface area is 227 Å². The van der Waals surface area contributed by atoms with E-state index in [1.165, 1.54) is 28.8 Å². The third-order valence-corrected chi connectivity index (χ3v) is 7.93. The van der Waals surface area contributed by atoms with Crippen molar-refractivity contribution in [2.24, 2.45) is 0 Å². The van der Waals surface area contributed by atoms with Gasteiger partial charge in [0.15, 0.2) is 0 Å². The van der Waals surface area contributed by atoms with Crippen LogP contribution < -0.4 is 5.32 Å². The van der Waals surface area contributed by atoms with E-state index >= 15 is 0 Å². The van der Waals surface area contributed by atoms with Gasteiger partial charge < -0.3 is 10.2 Å². The van der Waals surface area contributed by atoms with E-state index < -0.39 is 11.9 Å². The van der Waals surface area contributed by atoms with E-state index in [0.29, 0.717) is 23.3 Å². The Kier molecular flexibility index (Phi) is 10.3. The fraction of sp³-hybridized carbons (Fsp3) is 0.355. The number of nitrogens with zero attached hydrogens (tertiary/aromatic N) is 1. The Bertz CT molecular complexity index is 1200. The van der Waals surface area contributed by atoms with Crippen LogP contribution in [0.15, 0.2) is 78.9 Å². The molecule has 1 N–H and O–H groups in total. The molecule has 3 aromatic carbocycles. The van der Waals surface area contributed by atoms with Gasteiger partial charge in [0.1, 0.15) is 17.7 Å². The number of amides is 2. The van der Waals surface area contributed by atoms with E-state index in [9.17, 15) is 18.4 Å². The van der Waals surface area contributed by atoms with Crippen molar-refractivity contribution in [3.8, 4) is 0 Å². The first-order chi connectivity index (χ1) is 18.5. The molecule has 4 nitrogen and oxygen atoms in total. The summed E-state index contributed by atoms with van der Waals surface area (Å²) in [5, 5.41) is 3.18. The fourth-order valence-electron chi connectivity index (χ4n) is 4.86. The lowest BCUT2D eigenvalue weighted by molar-refractivity contribution is -0.139. The minimum atomic E-state index is -0.805. The largest absolute Gasteiger partial charge is 0.352 e. The van der Waals surface area contributed by atoms with Crippen LogP contribution in [0.1, 0.15) is 48.8 Å². The van der Waals surface area contributed by atoms with Crippen molar-refractivity contribution >= 4 is 23.6 Å². The molecule has 1 atom stereocenters. The maximum atomic E-state index is 14.7. The molecular weight excluding hydrogens is 502 g/mol. The van der Waals surface area contributed by atoms with Crippen LogP contribution in [-0.4, -0.2) is 34.6 Å². The van der Waals surface area contributed by atoms with Crippen LogP contribution in [0.2, 0.25) is 0 Å². The lowest BCUT2D eigenvalue weighted by Gasteiger charge is -2.33. The molecule has 1 fully saturated rings. The number of carbonyl (C=O) groups is 2. The number of nitrogens with one attached hydrogen (secondary N) is 1. The maximum absolute atomic E-state index is 14.7. The second-order valence-corrected chi connectivity index (χ2v) is 10.7. The molecule has 2 amide bonds. The highest BCUT2D eigenvalue weighted by Gasteiger charge is 2.32. The van der Waals surface area contributed by atoms with Gasteiger partial charge in [-0.1, -0.05) is 86.0 Å². The van der Waals surface area contributed by atoms with E-state index in [0.717, 1.165) is 37.7 Å². The first-order valence-electron chi connectivity index (χ1n) is 13.2. The van der Waals surface area contributed by atoms with Crippen molar-refractivity contribution in [1.29, 1.82) is 0 Å². The summed E-state index contributed by atoms with van der Waals surface area (Å²) in [6.07, 6.45) is 5.46. The quantitative estimate of drug-likeness (QED) is 0.314. The molecular formula is C31H34F2N2O2S. The van der Waals surface area contributed by atoms with Gasteiger partial charge in [-0.05, 0) is 36.1 Å². The number of hydrogen-bond acceptors (Lipinski definition) is 3. The summed E-state index contributed by atoms with van der Waals surface area (Å²) in [6, 6.07) is 21.7. The zero-order valence-electron chi connectivity index (χ0n) is 21.5. The number of halogens is 2. The molecule has 38 heavy (non-hydrogen) atoms. The molecule has 0 radical (unpaired) electrons. The molecule has 1 aliphatic carbocycles. The molecule has 0 aromatic heterocycles. The molecule has 0 heterocycles. The summed E-state index contributed by atoms with van der Waals surface area (Å²) in [5.41, 5.74) is 1.78. The topological polar surface area (TPSA) is 49.4 Å². The molecule has 3 aromatic rings. The molecule has 0 unspecified atom stereocenters. The van der Waals surface area contributed by atoms with E-state index in [1.807, 2.05) is 30.3 Å². The molecule has 0 saturated heterocycles. The van der Waals surface area contributed by atoms with Crippen molar-refractivity contribution in [2.45, 2.75) is 62.9 Å². The second kappa shape index (κ2) is 14.1. The van der Waals surface area contributed by atoms with E-state index in [4.69, 9.17) is 0 Å². The lowest BCUT2D eigenvalue weighted by Crippen LogP contribution is -2.53. The van der Waals surface area contributed by atoms with Crippen LogP contribution in [0.25, 0.3) is 0 Å². The van der Waals surface area contributed by atoms with Gasteiger partial charge in [-0.15, -0.1) is 11.8 Å². The third-order valence-electron chi connectivity index (χ3n) is 6.96. The first-order valence-corrected chi connectivity index (χ1v) is 14.3. The molecule has 0 bridgehead atoms. The van der Waals surface area contributed by atoms with Gasteiger partial charge in [-0.25, -0.2) is 8.78 Å². The predicted octanol–water partition coefficient (Wildman–Crippen LogP) is 6.29. The van der Waals surface area contributed by atoms with Crippen LogP contribution in [0.3, 0.4) is 0 Å². The SMILES string of the molecule is O=C(NC1CCCCC1)[C@H](Cc1ccccc1)N(Cc1ccccc1F)C(=O)CSCc1ccccc1F. The molecule has 0 aliphatic heterocycles. The Morgan fingerprint density at radius 1 is 0.842 bits per heavy atom. The van der Waals surface area contributed by atoms with Gasteiger partial charge in [0.2, 0.25) is 11.8 Å². The highest BCUT2D eigenvalue weighted by atomic mass is 32.2. The smallest absolute Gasteiger partial charge is 0.243 e. The van der Waals surface area contributed by atoms with Crippen LogP contribution >= 0.6 is 11.8 Å². The standard InChI is InChI=1S/C31H34F2N2O2S/c32-27-17-9-7-13-24(27)20-35(30(36)22-38-21-25-14-8-10-18-28(25)33)29(19-23-11-3-1-4-12-23)31(37)34-26-15-5-2-6-16-26/h1,3-4,7-14,17-18,26,29H,2,5-6,15-16,19-22H2,(H,34,37)/t29-/m0/s1. The van der Waals surface area contributed by atoms with Gasteiger partial charge in [-0.2, -0.15) is 0 Å². The maximum Gasteiger partial charge on any atom is 0.243 e. The number of carbonyl (C=O) groups excluding carboxylic acids is 2. The Morgan fingerprint density at radius 2 is 1.45 bits per heavy atom. The molecule has 4 rings (SSSR count). The zero-order chi connectivity index (χ0) is 26.7. The highest BCUT2D eigenvalue weighted by molar-refractivity contribution is 7.99. The van der Waals surface area contributed by atoms with Gasteiger partial charge >= 0.3 is 0 Å². The third kappa shape index (κ3) is 7.90. The lowest BCUT2D eigenvalue weighted by atomic mass is 9.94. The van der Waals surface area contributed by atoms with Gasteiger partial charge in [-0.3, -0.25) is 9.59 Å². The van der Waals surface area contributed by atoms with E-state index in [2.05, 4.69) is 5.32 Å². The van der Waals surface area contributed by atoms with Crippen molar-refractivity contribution in [3.05, 3.63) is 107 Å². The molecule has 1 aliphatic rings. The zero-order valence-corrected chi connectivity index (χ0v) is 22.3. The summed E-state index contributed by atoms with van der Waals surface area (Å²) < 4.78 is 28.8. The van der Waals surface area contributed by atoms with Gasteiger partial charge in [0.05, 0.1) is 5.75 Å². The van der Waals surface area contributed by atoms with Gasteiger partial charge in [0.25, 0.3) is 0 Å². The number of rotatable bonds is 11. The van der Waals surface area contributed by atoms with E-state index in [-0.39, 0.29) is 36.0 Å². The van der Waals surface area contributed by atoms with Crippen molar-refractivity contribution in [2.75, 3.05) is 5.75 Å². The highest BCUT2D eigenvalue weighted by Crippen LogP contribution is 2.22. The molecule has 0 spiro atoms. The number of thioether (sulfide) groups is 1. The van der Waals surface area contributed by atoms with Crippen molar-refractivity contribution in [3.63, 3.8) is 0 Å². The average Bonchev–Trinajstić information content (AvgIpc) is 2.93. The summed E-state index contributed by atoms with van der Waals surface area (Å²) in [4.78, 5) is 28.9. The minimum Gasteiger partial charge on any atom is -0.352 e. The summed E-state index contributed by atoms with van der Waals surface area (Å²) in [5.74, 6) is -0.868. The first kappa shape index (κ1) is 27.8. The van der Waals surface area contributed by atoms with Crippen molar-refractivity contribution < 1.29 is 18.4 Å². The number of hydrogen-bond donors (Lipinski definition) is 1. The average molecular weight is 537 g/mol. The fourth-order valence-corrected chi connectivity index (χ4v) is 5.75. The molecule has 1 saturated carbocycles. The van der Waals surface area contributed by atoms with Crippen LogP contribution in [-0.2, 0) is 28.3 Å². The summed E-state index contributed by atoms with van der Waals surface area (Å²) >= 11 is 1.29. The molecule has 200 valence electrons. The van der Waals surface area contributed by atoms with Gasteiger partial charge in [0, 0.05) is 30.3 Å². The number of benzene rings is 3. The minimum absolute atomic E-state index is 0.0264. The van der Waals surface area contributed by atoms with E-state index in [1.54, 1.807) is 36.4 Å². The molecule has 7 heteroatoms. The Morgan fingerprint density at radius 3 is 2.11 bits per heavy atom. The normalized spacial score (nSPS) is 14.6. The second-order valence-electron chi connectivity index (χ2n) is 9.75. The monoisotopic (exact) mass is 536 g/mol. The Balaban J connectivity index is 1.58. The van der Waals surface area contributed by atoms with Crippen LogP contribution in [0.5, 0.6) is 0 Å². The summed E-state index contributed by atoms with van der Waals surface area (Å²) in [6.45, 7) is -0.0264. The van der Waals surface area contributed by atoms with Crippen LogP contribution in [0.4, 0.5) is 8.78 Å². The van der Waals surface area contributed by atoms with Crippen LogP contribution in [0, 0.1) is 11.6 Å². The summed E-state index contributed by atoms with van der Waals surface area (Å²) in [7, 11) is 0. The predicted molar refractivity (Wildman–Crippen MR) is 148 cm³/mol. The van der Waals surface area contributed by atoms with Crippen molar-refractivity contribution in [1.82, 2.24) is 10.2 Å².